The molecule has 0 radical (unpaired) electrons. The smallest absolute Gasteiger partial charge is 0.128 e. The zero-order valence-corrected chi connectivity index (χ0v) is 22.8. The van der Waals surface area contributed by atoms with E-state index in [-0.39, 0.29) is 6.04 Å². The van der Waals surface area contributed by atoms with Gasteiger partial charge in [-0.15, -0.1) is 0 Å². The summed E-state index contributed by atoms with van der Waals surface area (Å²) in [6.07, 6.45) is 7.63. The summed E-state index contributed by atoms with van der Waals surface area (Å²) in [5.74, 6) is 1.75. The van der Waals surface area contributed by atoms with E-state index in [1.807, 2.05) is 24.4 Å². The minimum absolute atomic E-state index is 0.273. The second-order valence-corrected chi connectivity index (χ2v) is 11.0. The fraction of sp³-hybridized carbons (Fsp3) is 0.139. The first-order chi connectivity index (χ1) is 19.7. The number of benzene rings is 5. The van der Waals surface area contributed by atoms with Crippen LogP contribution in [0.1, 0.15) is 40.6 Å². The maximum absolute atomic E-state index is 6.35. The quantitative estimate of drug-likeness (QED) is 0.172. The molecule has 0 aromatic heterocycles. The maximum Gasteiger partial charge on any atom is 0.128 e. The molecular weight excluding hydrogens is 512 g/mol. The van der Waals surface area contributed by atoms with Gasteiger partial charge in [-0.25, -0.2) is 0 Å². The van der Waals surface area contributed by atoms with Crippen LogP contribution in [-0.4, -0.2) is 6.21 Å². The number of aliphatic imine (C=N–C) groups is 1. The highest BCUT2D eigenvalue weighted by molar-refractivity contribution is 6.30. The third-order valence-corrected chi connectivity index (χ3v) is 8.35. The first-order valence-electron chi connectivity index (χ1n) is 13.8. The summed E-state index contributed by atoms with van der Waals surface area (Å²) >= 11 is 6.35. The molecule has 5 aromatic carbocycles. The number of anilines is 1. The normalized spacial score (nSPS) is 19.4. The SMILES string of the molecule is Clc1ccc(OCc2cccc3ccccc23)c(C=Nc2ccc([C@@H]3Nc4ccccc4[C@@H]4C=CC[C@H]43)cc2)c1. The van der Waals surface area contributed by atoms with E-state index in [1.165, 1.54) is 27.6 Å². The Hall–Kier alpha value is -4.34. The molecule has 3 atom stereocenters. The predicted molar refractivity (Wildman–Crippen MR) is 166 cm³/mol. The summed E-state index contributed by atoms with van der Waals surface area (Å²) in [7, 11) is 0. The Bertz CT molecular complexity index is 1740. The lowest BCUT2D eigenvalue weighted by atomic mass is 9.77. The van der Waals surface area contributed by atoms with Crippen LogP contribution in [0.2, 0.25) is 5.02 Å². The summed E-state index contributed by atoms with van der Waals surface area (Å²) in [5, 5.41) is 6.86. The van der Waals surface area contributed by atoms with Gasteiger partial charge in [0.2, 0.25) is 0 Å². The average Bonchev–Trinajstić information content (AvgIpc) is 3.50. The van der Waals surface area contributed by atoms with E-state index in [4.69, 9.17) is 21.3 Å². The van der Waals surface area contributed by atoms with Gasteiger partial charge in [-0.2, -0.15) is 0 Å². The number of fused-ring (bicyclic) bond motifs is 4. The predicted octanol–water partition coefficient (Wildman–Crippen LogP) is 9.65. The standard InChI is InChI=1S/C36H29ClN2O/c37-28-17-20-35(40-23-26-9-5-8-24-7-1-2-10-30(24)26)27(21-28)22-38-29-18-15-25(16-19-29)36-33-13-6-12-31(33)32-11-3-4-14-34(32)39-36/h1-12,14-22,31,33,36,39H,13,23H2/t31-,33+,36-/m0/s1. The largest absolute Gasteiger partial charge is 0.488 e. The number of rotatable bonds is 6. The number of hydrogen-bond acceptors (Lipinski definition) is 3. The van der Waals surface area contributed by atoms with Crippen LogP contribution in [0.4, 0.5) is 11.4 Å². The molecule has 0 amide bonds. The van der Waals surface area contributed by atoms with Crippen molar-refractivity contribution in [1.82, 2.24) is 0 Å². The van der Waals surface area contributed by atoms with Crippen LogP contribution >= 0.6 is 11.6 Å². The van der Waals surface area contributed by atoms with Crippen LogP contribution in [0.25, 0.3) is 10.8 Å². The van der Waals surface area contributed by atoms with E-state index in [0.717, 1.165) is 29.0 Å². The highest BCUT2D eigenvalue weighted by atomic mass is 35.5. The van der Waals surface area contributed by atoms with Gasteiger partial charge in [0.15, 0.2) is 0 Å². The van der Waals surface area contributed by atoms with Crippen molar-refractivity contribution >= 4 is 40.0 Å². The van der Waals surface area contributed by atoms with E-state index >= 15 is 0 Å². The molecule has 2 aliphatic rings. The van der Waals surface area contributed by atoms with Crippen LogP contribution in [0.5, 0.6) is 5.75 Å². The number of allylic oxidation sites excluding steroid dienone is 2. The first kappa shape index (κ1) is 24.7. The Labute approximate surface area is 239 Å². The zero-order valence-electron chi connectivity index (χ0n) is 22.0. The Kier molecular flexibility index (Phi) is 6.59. The Morgan fingerprint density at radius 3 is 2.62 bits per heavy atom. The van der Waals surface area contributed by atoms with Crippen molar-refractivity contribution in [3.05, 3.63) is 149 Å². The zero-order chi connectivity index (χ0) is 26.9. The second kappa shape index (κ2) is 10.7. The maximum atomic E-state index is 6.35. The lowest BCUT2D eigenvalue weighted by Gasteiger charge is -2.37. The molecular formula is C36H29ClN2O. The van der Waals surface area contributed by atoms with Crippen LogP contribution in [0.3, 0.4) is 0 Å². The number of para-hydroxylation sites is 1. The fourth-order valence-corrected chi connectivity index (χ4v) is 6.29. The lowest BCUT2D eigenvalue weighted by molar-refractivity contribution is 0.307. The van der Waals surface area contributed by atoms with Crippen LogP contribution in [-0.2, 0) is 6.61 Å². The molecule has 40 heavy (non-hydrogen) atoms. The number of ether oxygens (including phenoxy) is 1. The fourth-order valence-electron chi connectivity index (χ4n) is 6.11. The molecule has 3 nitrogen and oxygen atoms in total. The van der Waals surface area contributed by atoms with Crippen molar-refractivity contribution < 1.29 is 4.74 Å². The summed E-state index contributed by atoms with van der Waals surface area (Å²) in [6.45, 7) is 0.465. The average molecular weight is 541 g/mol. The topological polar surface area (TPSA) is 33.6 Å². The molecule has 4 heteroatoms. The first-order valence-corrected chi connectivity index (χ1v) is 14.2. The van der Waals surface area contributed by atoms with Gasteiger partial charge < -0.3 is 10.1 Å². The van der Waals surface area contributed by atoms with Crippen LogP contribution < -0.4 is 10.1 Å². The second-order valence-electron chi connectivity index (χ2n) is 10.5. The van der Waals surface area contributed by atoms with Gasteiger partial charge in [0.25, 0.3) is 0 Å². The third-order valence-electron chi connectivity index (χ3n) is 8.11. The van der Waals surface area contributed by atoms with E-state index in [1.54, 1.807) is 0 Å². The van der Waals surface area contributed by atoms with Crippen LogP contribution in [0.15, 0.2) is 126 Å². The molecule has 0 saturated carbocycles. The van der Waals surface area contributed by atoms with E-state index in [9.17, 15) is 0 Å². The van der Waals surface area contributed by atoms with Gasteiger partial charge in [-0.1, -0.05) is 96.5 Å². The summed E-state index contributed by atoms with van der Waals surface area (Å²) in [6, 6.07) is 37.9. The number of nitrogens with one attached hydrogen (secondary N) is 1. The molecule has 196 valence electrons. The van der Waals surface area contributed by atoms with Crippen molar-refractivity contribution in [3.8, 4) is 5.75 Å². The van der Waals surface area contributed by atoms with Crippen molar-refractivity contribution in [2.45, 2.75) is 25.0 Å². The molecule has 5 aromatic rings. The molecule has 1 heterocycles. The summed E-state index contributed by atoms with van der Waals surface area (Å²) < 4.78 is 6.28. The molecule has 0 unspecified atom stereocenters. The van der Waals surface area contributed by atoms with Gasteiger partial charge in [0.1, 0.15) is 12.4 Å². The van der Waals surface area contributed by atoms with Crippen LogP contribution in [0, 0.1) is 5.92 Å². The highest BCUT2D eigenvalue weighted by Gasteiger charge is 2.37. The van der Waals surface area contributed by atoms with E-state index in [0.29, 0.717) is 23.5 Å². The third kappa shape index (κ3) is 4.78. The van der Waals surface area contributed by atoms with Crippen molar-refractivity contribution in [3.63, 3.8) is 0 Å². The van der Waals surface area contributed by atoms with Crippen molar-refractivity contribution in [2.24, 2.45) is 10.9 Å². The minimum atomic E-state index is 0.273. The minimum Gasteiger partial charge on any atom is -0.488 e. The van der Waals surface area contributed by atoms with Gasteiger partial charge in [-0.3, -0.25) is 4.99 Å². The number of hydrogen-bond donors (Lipinski definition) is 1. The summed E-state index contributed by atoms with van der Waals surface area (Å²) in [5.41, 5.74) is 6.81. The number of nitrogens with zero attached hydrogens (tertiary/aromatic N) is 1. The van der Waals surface area contributed by atoms with Crippen molar-refractivity contribution in [2.75, 3.05) is 5.32 Å². The lowest BCUT2D eigenvalue weighted by Crippen LogP contribution is -2.28. The molecule has 0 saturated heterocycles. The van der Waals surface area contributed by atoms with Crippen molar-refractivity contribution in [1.29, 1.82) is 0 Å². The molecule has 1 N–H and O–H groups in total. The summed E-state index contributed by atoms with van der Waals surface area (Å²) in [4.78, 5) is 4.78. The molecule has 0 bridgehead atoms. The molecule has 0 fully saturated rings. The molecule has 0 spiro atoms. The van der Waals surface area contributed by atoms with Gasteiger partial charge in [0, 0.05) is 28.4 Å². The van der Waals surface area contributed by atoms with E-state index in [2.05, 4.69) is 108 Å². The van der Waals surface area contributed by atoms with Gasteiger partial charge >= 0.3 is 0 Å². The van der Waals surface area contributed by atoms with Gasteiger partial charge in [-0.05, 0) is 76.2 Å². The number of halogens is 1. The van der Waals surface area contributed by atoms with Gasteiger partial charge in [0.05, 0.1) is 11.7 Å². The Balaban J connectivity index is 1.09. The Morgan fingerprint density at radius 1 is 0.875 bits per heavy atom. The highest BCUT2D eigenvalue weighted by Crippen LogP contribution is 2.49. The van der Waals surface area contributed by atoms with E-state index < -0.39 is 0 Å². The monoisotopic (exact) mass is 540 g/mol. The molecule has 1 aliphatic heterocycles. The molecule has 7 rings (SSSR count). The molecule has 1 aliphatic carbocycles. The Morgan fingerprint density at radius 2 is 1.70 bits per heavy atom.